The Morgan fingerprint density at radius 3 is 2.73 bits per heavy atom. The third-order valence-corrected chi connectivity index (χ3v) is 1.31. The van der Waals surface area contributed by atoms with E-state index < -0.39 is 0 Å². The largest absolute Gasteiger partial charge is 0.469 e. The standard InChI is InChI=1S/C8H12O3/c1-7(8(10)11-2)5-3-4-6-9/h3-4,6-7H,5H2,1-2H3/b4-3+. The van der Waals surface area contributed by atoms with Gasteiger partial charge in [-0.3, -0.25) is 9.59 Å². The minimum atomic E-state index is -0.249. The lowest BCUT2D eigenvalue weighted by Gasteiger charge is -2.03. The maximum atomic E-state index is 10.8. The molecule has 11 heavy (non-hydrogen) atoms. The molecule has 0 aliphatic carbocycles. The van der Waals surface area contributed by atoms with Crippen LogP contribution in [-0.4, -0.2) is 19.4 Å². The number of carbonyl (C=O) groups excluding carboxylic acids is 2. The van der Waals surface area contributed by atoms with Crippen molar-refractivity contribution in [3.8, 4) is 0 Å². The summed E-state index contributed by atoms with van der Waals surface area (Å²) < 4.78 is 4.48. The molecule has 0 rings (SSSR count). The van der Waals surface area contributed by atoms with Crippen molar-refractivity contribution < 1.29 is 14.3 Å². The zero-order valence-corrected chi connectivity index (χ0v) is 6.74. The molecule has 62 valence electrons. The molecular weight excluding hydrogens is 144 g/mol. The predicted octanol–water partition coefficient (Wildman–Crippen LogP) is 0.941. The number of methoxy groups -OCH3 is 1. The highest BCUT2D eigenvalue weighted by molar-refractivity contribution is 5.72. The molecule has 0 spiro atoms. The lowest BCUT2D eigenvalue weighted by atomic mass is 10.1. The molecule has 3 heteroatoms. The summed E-state index contributed by atoms with van der Waals surface area (Å²) in [6, 6.07) is 0. The average Bonchev–Trinajstić information content (AvgIpc) is 2.03. The first kappa shape index (κ1) is 9.88. The number of aldehydes is 1. The van der Waals surface area contributed by atoms with Crippen LogP contribution in [-0.2, 0) is 14.3 Å². The van der Waals surface area contributed by atoms with Gasteiger partial charge in [-0.2, -0.15) is 0 Å². The Labute approximate surface area is 66.0 Å². The molecule has 0 fully saturated rings. The van der Waals surface area contributed by atoms with Gasteiger partial charge in [-0.25, -0.2) is 0 Å². The van der Waals surface area contributed by atoms with Crippen LogP contribution in [0.5, 0.6) is 0 Å². The van der Waals surface area contributed by atoms with Crippen molar-refractivity contribution in [2.24, 2.45) is 5.92 Å². The lowest BCUT2D eigenvalue weighted by Crippen LogP contribution is -2.11. The minimum Gasteiger partial charge on any atom is -0.469 e. The summed E-state index contributed by atoms with van der Waals surface area (Å²) in [6.07, 6.45) is 4.25. The van der Waals surface area contributed by atoms with Gasteiger partial charge in [0.1, 0.15) is 6.29 Å². The summed E-state index contributed by atoms with van der Waals surface area (Å²) >= 11 is 0. The van der Waals surface area contributed by atoms with Crippen molar-refractivity contribution in [3.05, 3.63) is 12.2 Å². The Hall–Kier alpha value is -1.12. The Balaban J connectivity index is 3.68. The number of hydrogen-bond donors (Lipinski definition) is 0. The van der Waals surface area contributed by atoms with Crippen LogP contribution in [0.4, 0.5) is 0 Å². The van der Waals surface area contributed by atoms with E-state index in [1.807, 2.05) is 0 Å². The summed E-state index contributed by atoms with van der Waals surface area (Å²) in [4.78, 5) is 20.6. The quantitative estimate of drug-likeness (QED) is 0.345. The molecule has 0 saturated carbocycles. The second-order valence-electron chi connectivity index (χ2n) is 2.22. The smallest absolute Gasteiger partial charge is 0.308 e. The fourth-order valence-corrected chi connectivity index (χ4v) is 0.636. The molecule has 1 unspecified atom stereocenters. The van der Waals surface area contributed by atoms with E-state index in [4.69, 9.17) is 0 Å². The number of esters is 1. The summed E-state index contributed by atoms with van der Waals surface area (Å²) in [5.41, 5.74) is 0. The predicted molar refractivity (Wildman–Crippen MR) is 41.0 cm³/mol. The first-order valence-electron chi connectivity index (χ1n) is 3.40. The van der Waals surface area contributed by atoms with Crippen LogP contribution in [0.1, 0.15) is 13.3 Å². The first-order chi connectivity index (χ1) is 5.22. The third-order valence-electron chi connectivity index (χ3n) is 1.31. The molecular formula is C8H12O3. The lowest BCUT2D eigenvalue weighted by molar-refractivity contribution is -0.144. The summed E-state index contributed by atoms with van der Waals surface area (Å²) in [5.74, 6) is -0.420. The van der Waals surface area contributed by atoms with E-state index in [1.54, 1.807) is 13.0 Å². The molecule has 0 radical (unpaired) electrons. The first-order valence-corrected chi connectivity index (χ1v) is 3.40. The molecule has 0 aliphatic rings. The average molecular weight is 156 g/mol. The normalized spacial score (nSPS) is 12.9. The van der Waals surface area contributed by atoms with E-state index in [9.17, 15) is 9.59 Å². The topological polar surface area (TPSA) is 43.4 Å². The Morgan fingerprint density at radius 2 is 2.27 bits per heavy atom. The van der Waals surface area contributed by atoms with Gasteiger partial charge in [-0.05, 0) is 12.5 Å². The second-order valence-corrected chi connectivity index (χ2v) is 2.22. The van der Waals surface area contributed by atoms with E-state index in [1.165, 1.54) is 13.2 Å². The van der Waals surface area contributed by atoms with Gasteiger partial charge in [-0.15, -0.1) is 0 Å². The molecule has 0 N–H and O–H groups in total. The highest BCUT2D eigenvalue weighted by Crippen LogP contribution is 2.03. The third kappa shape index (κ3) is 4.31. The highest BCUT2D eigenvalue weighted by Gasteiger charge is 2.09. The Bertz CT molecular complexity index is 161. The molecule has 3 nitrogen and oxygen atoms in total. The molecule has 0 aliphatic heterocycles. The van der Waals surface area contributed by atoms with Gasteiger partial charge in [-0.1, -0.05) is 13.0 Å². The van der Waals surface area contributed by atoms with Crippen LogP contribution in [0.25, 0.3) is 0 Å². The van der Waals surface area contributed by atoms with Crippen molar-refractivity contribution in [2.45, 2.75) is 13.3 Å². The summed E-state index contributed by atoms with van der Waals surface area (Å²) in [7, 11) is 1.35. The van der Waals surface area contributed by atoms with Gasteiger partial charge in [0.2, 0.25) is 0 Å². The van der Waals surface area contributed by atoms with E-state index in [2.05, 4.69) is 4.74 Å². The molecule has 0 aromatic carbocycles. The molecule has 0 aromatic heterocycles. The van der Waals surface area contributed by atoms with Gasteiger partial charge >= 0.3 is 5.97 Å². The number of carbonyl (C=O) groups is 2. The van der Waals surface area contributed by atoms with Crippen LogP contribution in [0.3, 0.4) is 0 Å². The maximum Gasteiger partial charge on any atom is 0.308 e. The van der Waals surface area contributed by atoms with Gasteiger partial charge in [0.05, 0.1) is 13.0 Å². The van der Waals surface area contributed by atoms with E-state index in [-0.39, 0.29) is 11.9 Å². The van der Waals surface area contributed by atoms with Crippen LogP contribution in [0.2, 0.25) is 0 Å². The van der Waals surface area contributed by atoms with Crippen molar-refractivity contribution in [3.63, 3.8) is 0 Å². The van der Waals surface area contributed by atoms with Gasteiger partial charge < -0.3 is 4.74 Å². The number of allylic oxidation sites excluding steroid dienone is 2. The van der Waals surface area contributed by atoms with Crippen LogP contribution < -0.4 is 0 Å². The Kier molecular flexibility index (Phi) is 5.07. The van der Waals surface area contributed by atoms with Gasteiger partial charge in [0.15, 0.2) is 0 Å². The van der Waals surface area contributed by atoms with E-state index >= 15 is 0 Å². The number of ether oxygens (including phenoxy) is 1. The van der Waals surface area contributed by atoms with Crippen molar-refractivity contribution in [1.29, 1.82) is 0 Å². The monoisotopic (exact) mass is 156 g/mol. The fourth-order valence-electron chi connectivity index (χ4n) is 0.636. The summed E-state index contributed by atoms with van der Waals surface area (Å²) in [5, 5.41) is 0. The van der Waals surface area contributed by atoms with Gasteiger partial charge in [0.25, 0.3) is 0 Å². The Morgan fingerprint density at radius 1 is 1.64 bits per heavy atom. The molecule has 1 atom stereocenters. The second kappa shape index (κ2) is 5.65. The van der Waals surface area contributed by atoms with Crippen molar-refractivity contribution in [2.75, 3.05) is 7.11 Å². The SMILES string of the molecule is COC(=O)C(C)C/C=C/C=O. The van der Waals surface area contributed by atoms with E-state index in [0.29, 0.717) is 12.7 Å². The van der Waals surface area contributed by atoms with E-state index in [0.717, 1.165) is 0 Å². The van der Waals surface area contributed by atoms with Crippen molar-refractivity contribution in [1.82, 2.24) is 0 Å². The number of hydrogen-bond acceptors (Lipinski definition) is 3. The van der Waals surface area contributed by atoms with Gasteiger partial charge in [0, 0.05) is 0 Å². The zero-order valence-electron chi connectivity index (χ0n) is 6.74. The zero-order chi connectivity index (χ0) is 8.69. The van der Waals surface area contributed by atoms with Crippen LogP contribution >= 0.6 is 0 Å². The molecule has 0 bridgehead atoms. The molecule has 0 aromatic rings. The summed E-state index contributed by atoms with van der Waals surface area (Å²) in [6.45, 7) is 1.75. The van der Waals surface area contributed by atoms with Crippen LogP contribution in [0.15, 0.2) is 12.2 Å². The molecule has 0 heterocycles. The number of rotatable bonds is 4. The molecule has 0 amide bonds. The molecule has 0 saturated heterocycles. The maximum absolute atomic E-state index is 10.8. The minimum absolute atomic E-state index is 0.170. The fraction of sp³-hybridized carbons (Fsp3) is 0.500. The van der Waals surface area contributed by atoms with Crippen molar-refractivity contribution >= 4 is 12.3 Å². The van der Waals surface area contributed by atoms with Crippen LogP contribution in [0, 0.1) is 5.92 Å². The highest BCUT2D eigenvalue weighted by atomic mass is 16.5.